The normalized spacial score (nSPS) is 31.4. The number of H-pyrrole nitrogens is 1. The van der Waals surface area contributed by atoms with Gasteiger partial charge in [0.25, 0.3) is 13.0 Å². The van der Waals surface area contributed by atoms with Crippen LogP contribution in [0.2, 0.25) is 0 Å². The number of nitrogen functional groups attached to an aromatic ring is 2. The Morgan fingerprint density at radius 2 is 1.58 bits per heavy atom. The van der Waals surface area contributed by atoms with E-state index in [1.54, 1.807) is 12.1 Å². The van der Waals surface area contributed by atoms with Gasteiger partial charge in [0.1, 0.15) is 42.0 Å². The molecule has 312 valence electrons. The second-order valence-corrected chi connectivity index (χ2v) is 19.0. The van der Waals surface area contributed by atoms with E-state index in [0.29, 0.717) is 29.9 Å². The van der Waals surface area contributed by atoms with Crippen LogP contribution in [0.3, 0.4) is 0 Å². The average molecular weight is 880 g/mol. The van der Waals surface area contributed by atoms with E-state index in [9.17, 15) is 18.7 Å². The van der Waals surface area contributed by atoms with Crippen molar-refractivity contribution in [3.63, 3.8) is 0 Å². The minimum atomic E-state index is -4.73. The third-order valence-electron chi connectivity index (χ3n) is 9.38. The number of esters is 1. The zero-order valence-electron chi connectivity index (χ0n) is 30.4. The van der Waals surface area contributed by atoms with Gasteiger partial charge in [-0.05, 0) is 42.0 Å². The number of carbonyl (C=O) groups excluding carboxylic acids is 1. The third-order valence-corrected chi connectivity index (χ3v) is 14.1. The largest absolute Gasteiger partial charge is 0.427 e. The third kappa shape index (κ3) is 8.51. The molecule has 7 N–H and O–H groups in total. The number of hydrogen-bond donors (Lipinski definition) is 4. The molecule has 3 saturated heterocycles. The molecule has 4 aromatic heterocycles. The summed E-state index contributed by atoms with van der Waals surface area (Å²) in [5.74, 6) is -0.554. The Balaban J connectivity index is 1.09. The van der Waals surface area contributed by atoms with Crippen molar-refractivity contribution in [2.45, 2.75) is 67.8 Å². The Bertz CT molecular complexity index is 2520. The van der Waals surface area contributed by atoms with E-state index in [1.807, 2.05) is 0 Å². The average Bonchev–Trinajstić information content (AvgIpc) is 3.96. The second kappa shape index (κ2) is 16.6. The summed E-state index contributed by atoms with van der Waals surface area (Å²) in [5.41, 5.74) is 16.9. The number of ether oxygens (including phenoxy) is 3. The molecule has 3 aliphatic rings. The van der Waals surface area contributed by atoms with Gasteiger partial charge in [0.15, 0.2) is 47.4 Å². The first kappa shape index (κ1) is 41.4. The van der Waals surface area contributed by atoms with E-state index in [-0.39, 0.29) is 52.0 Å². The van der Waals surface area contributed by atoms with Crippen molar-refractivity contribution in [3.8, 4) is 5.75 Å². The lowest BCUT2D eigenvalue weighted by Gasteiger charge is -2.30. The summed E-state index contributed by atoms with van der Waals surface area (Å²) >= 11 is 0.650. The van der Waals surface area contributed by atoms with Gasteiger partial charge >= 0.3 is 12.8 Å². The lowest BCUT2D eigenvalue weighted by atomic mass is 10.1. The number of carbonyl (C=O) groups is 1. The SMILES string of the molecule is [B]P1(=O)OC[C@H]2O[C@@H](n3cnc4c(N)ncnc43)[C@H](F)[C@@H]2O[P@](=O)(SCc2ccc(OC(=O)CCCN)cc2)OC[C@H]2O[C@@H](n3cnc4c(=O)[nH]c(N)nc43)[C@H](F)[C@@H]2O1. The van der Waals surface area contributed by atoms with Crippen LogP contribution in [0.25, 0.3) is 22.3 Å². The molecular weight excluding hydrogens is 845 g/mol. The number of nitrogens with two attached hydrogens (primary N) is 3. The Labute approximate surface area is 336 Å². The summed E-state index contributed by atoms with van der Waals surface area (Å²) in [4.78, 5) is 47.0. The second-order valence-electron chi connectivity index (χ2n) is 13.4. The predicted octanol–water partition coefficient (Wildman–Crippen LogP) is 2.37. The fraction of sp³-hybridized carbons (Fsp3) is 0.452. The van der Waals surface area contributed by atoms with Gasteiger partial charge in [-0.25, -0.2) is 33.3 Å². The number of aromatic nitrogens is 8. The van der Waals surface area contributed by atoms with E-state index in [1.165, 1.54) is 23.0 Å². The summed E-state index contributed by atoms with van der Waals surface area (Å²) in [6.45, 7) is -5.76. The van der Waals surface area contributed by atoms with Crippen molar-refractivity contribution in [2.24, 2.45) is 5.73 Å². The molecular formula is C31H34BF2N11O11P2S. The van der Waals surface area contributed by atoms with E-state index < -0.39 is 88.2 Å². The van der Waals surface area contributed by atoms with E-state index >= 15 is 8.78 Å². The topological polar surface area (TPSA) is 301 Å². The maximum absolute atomic E-state index is 16.7. The summed E-state index contributed by atoms with van der Waals surface area (Å²) in [6, 6.07) is 6.26. The van der Waals surface area contributed by atoms with Crippen LogP contribution in [0.15, 0.2) is 48.0 Å². The van der Waals surface area contributed by atoms with E-state index in [4.69, 9.17) is 57.1 Å². The summed E-state index contributed by atoms with van der Waals surface area (Å²) in [6.07, 6.45) is -10.0. The van der Waals surface area contributed by atoms with Crippen LogP contribution >= 0.6 is 25.7 Å². The minimum absolute atomic E-state index is 0.0120. The Hall–Kier alpha value is -4.36. The van der Waals surface area contributed by atoms with Crippen LogP contribution in [0, 0.1) is 0 Å². The lowest BCUT2D eigenvalue weighted by molar-refractivity contribution is -0.134. The molecule has 59 heavy (non-hydrogen) atoms. The molecule has 0 saturated carbocycles. The van der Waals surface area contributed by atoms with Crippen LogP contribution in [0.5, 0.6) is 5.75 Å². The highest BCUT2D eigenvalue weighted by Gasteiger charge is 2.54. The highest BCUT2D eigenvalue weighted by Crippen LogP contribution is 2.65. The number of imidazole rings is 2. The highest BCUT2D eigenvalue weighted by atomic mass is 32.7. The molecule has 3 aliphatic heterocycles. The van der Waals surface area contributed by atoms with Crippen molar-refractivity contribution in [1.82, 2.24) is 39.0 Å². The van der Waals surface area contributed by atoms with Crippen molar-refractivity contribution in [2.75, 3.05) is 31.2 Å². The zero-order valence-corrected chi connectivity index (χ0v) is 33.0. The summed E-state index contributed by atoms with van der Waals surface area (Å²) in [5, 5.41) is 0. The zero-order chi connectivity index (χ0) is 41.6. The quantitative estimate of drug-likeness (QED) is 0.0715. The number of nitrogens with one attached hydrogen (secondary N) is 1. The first-order valence-corrected chi connectivity index (χ1v) is 22.5. The van der Waals surface area contributed by atoms with Crippen LogP contribution < -0.4 is 27.5 Å². The molecule has 0 spiro atoms. The fourth-order valence-corrected chi connectivity index (χ4v) is 11.0. The number of fused-ring (bicyclic) bond motifs is 4. The van der Waals surface area contributed by atoms with Crippen molar-refractivity contribution >= 4 is 73.3 Å². The van der Waals surface area contributed by atoms with Gasteiger partial charge in [0, 0.05) is 12.2 Å². The fourth-order valence-electron chi connectivity index (χ4n) is 6.57. The molecule has 0 aliphatic carbocycles. The maximum atomic E-state index is 16.7. The van der Waals surface area contributed by atoms with Gasteiger partial charge in [0.05, 0.1) is 25.9 Å². The number of rotatable bonds is 9. The lowest BCUT2D eigenvalue weighted by Crippen LogP contribution is -2.37. The molecule has 28 heteroatoms. The molecule has 0 bridgehead atoms. The van der Waals surface area contributed by atoms with Crippen molar-refractivity contribution < 1.29 is 55.0 Å². The van der Waals surface area contributed by atoms with E-state index in [0.717, 1.165) is 17.2 Å². The summed E-state index contributed by atoms with van der Waals surface area (Å²) < 4.78 is 104. The smallest absolute Gasteiger partial charge is 0.389 e. The molecule has 7 heterocycles. The highest BCUT2D eigenvalue weighted by molar-refractivity contribution is 8.54. The molecule has 22 nitrogen and oxygen atoms in total. The molecule has 0 amide bonds. The maximum Gasteiger partial charge on any atom is 0.389 e. The molecule has 3 fully saturated rings. The van der Waals surface area contributed by atoms with Crippen LogP contribution in [0.4, 0.5) is 20.5 Å². The van der Waals surface area contributed by atoms with Gasteiger partial charge in [-0.15, -0.1) is 0 Å². The number of benzene rings is 1. The van der Waals surface area contributed by atoms with Crippen LogP contribution in [-0.2, 0) is 47.2 Å². The van der Waals surface area contributed by atoms with Gasteiger partial charge in [-0.1, -0.05) is 12.1 Å². The Morgan fingerprint density at radius 3 is 2.27 bits per heavy atom. The Kier molecular flexibility index (Phi) is 11.6. The van der Waals surface area contributed by atoms with Crippen LogP contribution in [-0.4, -0.2) is 109 Å². The molecule has 5 aromatic rings. The van der Waals surface area contributed by atoms with E-state index in [2.05, 4.69) is 29.9 Å². The van der Waals surface area contributed by atoms with Crippen molar-refractivity contribution in [3.05, 3.63) is 59.2 Å². The van der Waals surface area contributed by atoms with Gasteiger partial charge in [-0.2, -0.15) is 4.98 Å². The van der Waals surface area contributed by atoms with Gasteiger partial charge < -0.3 is 40.5 Å². The first-order valence-electron chi connectivity index (χ1n) is 17.8. The van der Waals surface area contributed by atoms with Gasteiger partial charge in [0.2, 0.25) is 13.5 Å². The molecule has 2 radical (unpaired) electrons. The number of alkyl halides is 2. The molecule has 1 aromatic carbocycles. The minimum Gasteiger partial charge on any atom is -0.427 e. The van der Waals surface area contributed by atoms with Crippen molar-refractivity contribution in [1.29, 1.82) is 0 Å². The number of nitrogens with zero attached hydrogens (tertiary/aromatic N) is 7. The standard InChI is InChI=1S/C31H34BF2N11O11P2S/c32-57(48)50-8-16-24(20(34)29(53-16)44-12-40-21-25(36)38-11-39-26(21)44)56-58(49,59-10-14-3-5-15(6-4-14)52-18(46)2-1-7-35)51-9-17-23(55-57)19(33)30(54-17)45-13-41-22-27(45)42-31(37)43-28(22)47/h3-6,11-13,16-17,19-20,23-24,29-30H,1-2,7-10,35H2,(H2,36,38,39)(H3,37,42,43,47)/t16-,17-,19-,20-,23-,24-,29-,30-,57?,58-/m1/s1. The van der Waals surface area contributed by atoms with Gasteiger partial charge in [-0.3, -0.25) is 37.3 Å². The number of halogens is 2. The first-order chi connectivity index (χ1) is 28.2. The predicted molar refractivity (Wildman–Crippen MR) is 204 cm³/mol. The Morgan fingerprint density at radius 1 is 0.932 bits per heavy atom. The monoisotopic (exact) mass is 879 g/mol. The molecule has 10 atom stereocenters. The number of hydrogen-bond acceptors (Lipinski definition) is 20. The number of aromatic amines is 1. The molecule has 8 rings (SSSR count). The summed E-state index contributed by atoms with van der Waals surface area (Å²) in [7, 11) is 1.23. The molecule has 1 unspecified atom stereocenters. The van der Waals surface area contributed by atoms with Crippen LogP contribution in [0.1, 0.15) is 30.9 Å². The number of anilines is 2.